The van der Waals surface area contributed by atoms with E-state index in [1.165, 1.54) is 33.8 Å². The first-order valence-corrected chi connectivity index (χ1v) is 16.3. The Morgan fingerprint density at radius 3 is 1.29 bits per heavy atom. The van der Waals surface area contributed by atoms with Gasteiger partial charge in [0.25, 0.3) is 0 Å². The van der Waals surface area contributed by atoms with Gasteiger partial charge in [-0.2, -0.15) is 0 Å². The predicted molar refractivity (Wildman–Crippen MR) is 201 cm³/mol. The van der Waals surface area contributed by atoms with Crippen molar-refractivity contribution in [3.63, 3.8) is 0 Å². The fourth-order valence-corrected chi connectivity index (χ4v) is 6.31. The molecule has 8 aromatic rings. The van der Waals surface area contributed by atoms with Crippen molar-refractivity contribution in [1.29, 1.82) is 0 Å². The second-order valence-electron chi connectivity index (χ2n) is 11.7. The Morgan fingerprint density at radius 1 is 0.396 bits per heavy atom. The Balaban J connectivity index is 0.000000152. The van der Waals surface area contributed by atoms with E-state index in [-0.39, 0.29) is 0 Å². The first-order chi connectivity index (χ1) is 23.7. The van der Waals surface area contributed by atoms with Crippen LogP contribution in [0, 0.1) is 13.8 Å². The van der Waals surface area contributed by atoms with Crippen LogP contribution in [-0.2, 0) is 0 Å². The number of hydrogen-bond donors (Lipinski definition) is 0. The molecule has 0 aliphatic heterocycles. The van der Waals surface area contributed by atoms with Crippen molar-refractivity contribution in [1.82, 2.24) is 14.1 Å². The Hall–Kier alpha value is -6.19. The second-order valence-corrected chi connectivity index (χ2v) is 11.7. The number of imidazole rings is 1. The lowest BCUT2D eigenvalue weighted by molar-refractivity contribution is 1.01. The van der Waals surface area contributed by atoms with Gasteiger partial charge in [-0.25, -0.2) is 4.98 Å². The molecule has 0 unspecified atom stereocenters. The molecule has 0 fully saturated rings. The number of benzene rings is 6. The molecular formula is C45H37N3. The van der Waals surface area contributed by atoms with Crippen molar-refractivity contribution in [2.24, 2.45) is 0 Å². The molecule has 48 heavy (non-hydrogen) atoms. The molecule has 2 heterocycles. The van der Waals surface area contributed by atoms with Gasteiger partial charge in [-0.05, 0) is 55.3 Å². The van der Waals surface area contributed by atoms with Crippen LogP contribution in [0.25, 0.3) is 56.4 Å². The maximum absolute atomic E-state index is 4.99. The highest BCUT2D eigenvalue weighted by Crippen LogP contribution is 2.37. The zero-order valence-corrected chi connectivity index (χ0v) is 27.2. The van der Waals surface area contributed by atoms with Gasteiger partial charge in [0.1, 0.15) is 5.82 Å². The van der Waals surface area contributed by atoms with Crippen LogP contribution in [0.5, 0.6) is 0 Å². The summed E-state index contributed by atoms with van der Waals surface area (Å²) in [7, 11) is 0. The molecule has 0 aliphatic rings. The van der Waals surface area contributed by atoms with E-state index in [0.29, 0.717) is 0 Å². The van der Waals surface area contributed by atoms with E-state index in [9.17, 15) is 0 Å². The van der Waals surface area contributed by atoms with Gasteiger partial charge in [-0.1, -0.05) is 158 Å². The minimum absolute atomic E-state index is 0.971. The van der Waals surface area contributed by atoms with Crippen molar-refractivity contribution < 1.29 is 0 Å². The standard InChI is InChI=1S/C23H19N.C22H18N2/c1-18-17-22(19-11-5-2-6-12-19)23(20-13-7-3-8-14-20)24(18)21-15-9-4-10-16-21;1-17-21(18-11-5-2-6-12-18)23-22(19-13-7-3-8-14-19)24(17)20-15-9-4-10-16-20/h2-17H,1H3;2-16H,1H3. The van der Waals surface area contributed by atoms with Gasteiger partial charge < -0.3 is 4.57 Å². The largest absolute Gasteiger partial charge is 0.313 e. The third kappa shape index (κ3) is 6.27. The molecule has 0 radical (unpaired) electrons. The summed E-state index contributed by atoms with van der Waals surface area (Å²) in [6.45, 7) is 4.31. The predicted octanol–water partition coefficient (Wildman–Crippen LogP) is 11.6. The smallest absolute Gasteiger partial charge is 0.145 e. The van der Waals surface area contributed by atoms with E-state index in [1.54, 1.807) is 0 Å². The zero-order valence-electron chi connectivity index (χ0n) is 27.2. The highest BCUT2D eigenvalue weighted by molar-refractivity contribution is 5.84. The Bertz CT molecular complexity index is 2130. The van der Waals surface area contributed by atoms with Crippen LogP contribution < -0.4 is 0 Å². The molecule has 6 aromatic carbocycles. The summed E-state index contributed by atoms with van der Waals surface area (Å²) in [5, 5.41) is 0. The molecule has 3 heteroatoms. The first-order valence-electron chi connectivity index (χ1n) is 16.3. The van der Waals surface area contributed by atoms with Crippen LogP contribution in [0.2, 0.25) is 0 Å². The molecule has 0 bridgehead atoms. The van der Waals surface area contributed by atoms with E-state index in [4.69, 9.17) is 4.98 Å². The van der Waals surface area contributed by atoms with Gasteiger partial charge in [0.05, 0.1) is 11.4 Å². The van der Waals surface area contributed by atoms with E-state index in [1.807, 2.05) is 18.2 Å². The molecule has 0 spiro atoms. The fourth-order valence-electron chi connectivity index (χ4n) is 6.31. The summed E-state index contributed by atoms with van der Waals surface area (Å²) in [5.74, 6) is 0.971. The molecular weight excluding hydrogens is 583 g/mol. The lowest BCUT2D eigenvalue weighted by atomic mass is 10.0. The molecule has 0 saturated heterocycles. The lowest BCUT2D eigenvalue weighted by Gasteiger charge is -2.14. The lowest BCUT2D eigenvalue weighted by Crippen LogP contribution is -1.99. The Morgan fingerprint density at radius 2 is 0.792 bits per heavy atom. The van der Waals surface area contributed by atoms with Gasteiger partial charge in [0.2, 0.25) is 0 Å². The maximum Gasteiger partial charge on any atom is 0.145 e. The summed E-state index contributed by atoms with van der Waals surface area (Å²) in [4.78, 5) is 4.99. The number of aromatic nitrogens is 3. The van der Waals surface area contributed by atoms with E-state index in [0.717, 1.165) is 34.0 Å². The van der Waals surface area contributed by atoms with Crippen LogP contribution in [0.1, 0.15) is 11.4 Å². The van der Waals surface area contributed by atoms with Crippen molar-refractivity contribution in [2.75, 3.05) is 0 Å². The van der Waals surface area contributed by atoms with E-state index in [2.05, 4.69) is 193 Å². The van der Waals surface area contributed by atoms with Crippen LogP contribution in [0.4, 0.5) is 0 Å². The van der Waals surface area contributed by atoms with Gasteiger partial charge in [-0.3, -0.25) is 4.57 Å². The van der Waals surface area contributed by atoms with E-state index < -0.39 is 0 Å². The quantitative estimate of drug-likeness (QED) is 0.182. The third-order valence-electron chi connectivity index (χ3n) is 8.53. The molecule has 0 amide bonds. The van der Waals surface area contributed by atoms with Crippen LogP contribution in [0.15, 0.2) is 188 Å². The number of rotatable bonds is 6. The van der Waals surface area contributed by atoms with Gasteiger partial charge in [0, 0.05) is 39.5 Å². The average Bonchev–Trinajstić information content (AvgIpc) is 3.70. The van der Waals surface area contributed by atoms with Crippen LogP contribution >= 0.6 is 0 Å². The van der Waals surface area contributed by atoms with Crippen LogP contribution in [0.3, 0.4) is 0 Å². The number of aryl methyl sites for hydroxylation is 1. The second kappa shape index (κ2) is 14.1. The van der Waals surface area contributed by atoms with Gasteiger partial charge in [-0.15, -0.1) is 0 Å². The number of para-hydroxylation sites is 2. The highest BCUT2D eigenvalue weighted by Gasteiger charge is 2.18. The van der Waals surface area contributed by atoms with Crippen molar-refractivity contribution in [2.45, 2.75) is 13.8 Å². The summed E-state index contributed by atoms with van der Waals surface area (Å²) < 4.78 is 4.58. The van der Waals surface area contributed by atoms with E-state index >= 15 is 0 Å². The highest BCUT2D eigenvalue weighted by atomic mass is 15.1. The Kier molecular flexibility index (Phi) is 8.93. The summed E-state index contributed by atoms with van der Waals surface area (Å²) in [5.41, 5.74) is 13.0. The maximum atomic E-state index is 4.99. The Labute approximate surface area is 283 Å². The molecule has 232 valence electrons. The average molecular weight is 620 g/mol. The SMILES string of the molecule is Cc1c(-c2ccccc2)nc(-c2ccccc2)n1-c1ccccc1.Cc1cc(-c2ccccc2)c(-c2ccccc2)n1-c1ccccc1. The monoisotopic (exact) mass is 619 g/mol. The first kappa shape index (κ1) is 30.5. The topological polar surface area (TPSA) is 22.8 Å². The number of nitrogens with zero attached hydrogens (tertiary/aromatic N) is 3. The van der Waals surface area contributed by atoms with Gasteiger partial charge >= 0.3 is 0 Å². The number of hydrogen-bond acceptors (Lipinski definition) is 1. The zero-order chi connectivity index (χ0) is 32.7. The molecule has 0 N–H and O–H groups in total. The van der Waals surface area contributed by atoms with Crippen molar-refractivity contribution in [3.8, 4) is 56.4 Å². The molecule has 3 nitrogen and oxygen atoms in total. The fraction of sp³-hybridized carbons (Fsp3) is 0.0444. The van der Waals surface area contributed by atoms with Gasteiger partial charge in [0.15, 0.2) is 0 Å². The molecule has 0 saturated carbocycles. The summed E-state index contributed by atoms with van der Waals surface area (Å²) in [6, 6.07) is 65.2. The molecule has 0 atom stereocenters. The normalized spacial score (nSPS) is 10.7. The minimum atomic E-state index is 0.971. The minimum Gasteiger partial charge on any atom is -0.313 e. The molecule has 0 aliphatic carbocycles. The van der Waals surface area contributed by atoms with Crippen molar-refractivity contribution in [3.05, 3.63) is 199 Å². The summed E-state index contributed by atoms with van der Waals surface area (Å²) in [6.07, 6.45) is 0. The molecule has 8 rings (SSSR count). The molecule has 2 aromatic heterocycles. The van der Waals surface area contributed by atoms with Crippen LogP contribution in [-0.4, -0.2) is 14.1 Å². The van der Waals surface area contributed by atoms with Crippen molar-refractivity contribution >= 4 is 0 Å². The summed E-state index contributed by atoms with van der Waals surface area (Å²) >= 11 is 0. The third-order valence-corrected chi connectivity index (χ3v) is 8.53.